The summed E-state index contributed by atoms with van der Waals surface area (Å²) >= 11 is 0. The van der Waals surface area contributed by atoms with Crippen LogP contribution in [0.5, 0.6) is 0 Å². The first-order valence-corrected chi connectivity index (χ1v) is 6.58. The third kappa shape index (κ3) is 2.78. The summed E-state index contributed by atoms with van der Waals surface area (Å²) in [6, 6.07) is 0. The van der Waals surface area contributed by atoms with Crippen LogP contribution < -0.4 is 0 Å². The number of halogens is 1. The third-order valence-electron chi connectivity index (χ3n) is 4.02. The highest BCUT2D eigenvalue weighted by Crippen LogP contribution is 2.36. The maximum atomic E-state index is 5.22. The average molecular weight is 269 g/mol. The standard InChI is InChI=1S/C14H20N2O.ClH/c1-10-14(11(2)17-15-10)9-16-7-5-13(6-8-16)12-3-4-12;/h3-9H2,1-2H3;1H. The molecule has 0 bridgehead atoms. The fourth-order valence-corrected chi connectivity index (χ4v) is 2.70. The molecule has 1 aromatic rings. The first-order valence-electron chi connectivity index (χ1n) is 6.58. The van der Waals surface area contributed by atoms with Gasteiger partial charge in [0, 0.05) is 25.2 Å². The molecule has 0 radical (unpaired) electrons. The van der Waals surface area contributed by atoms with Crippen molar-refractivity contribution in [3.05, 3.63) is 28.2 Å². The zero-order chi connectivity index (χ0) is 11.8. The van der Waals surface area contributed by atoms with E-state index in [1.807, 2.05) is 13.8 Å². The molecule has 3 nitrogen and oxygen atoms in total. The van der Waals surface area contributed by atoms with Crippen LogP contribution in [0.4, 0.5) is 0 Å². The highest BCUT2D eigenvalue weighted by atomic mass is 35.5. The van der Waals surface area contributed by atoms with Crippen molar-refractivity contribution >= 4 is 12.4 Å². The second-order valence-corrected chi connectivity index (χ2v) is 5.29. The van der Waals surface area contributed by atoms with Crippen LogP contribution >= 0.6 is 12.4 Å². The molecule has 18 heavy (non-hydrogen) atoms. The third-order valence-corrected chi connectivity index (χ3v) is 4.02. The summed E-state index contributed by atoms with van der Waals surface area (Å²) in [5, 5.41) is 4.02. The van der Waals surface area contributed by atoms with Gasteiger partial charge in [0.05, 0.1) is 5.69 Å². The minimum absolute atomic E-state index is 0. The van der Waals surface area contributed by atoms with Crippen molar-refractivity contribution in [3.8, 4) is 0 Å². The Hall–Kier alpha value is -0.800. The molecule has 1 aliphatic heterocycles. The number of hydrogen-bond donors (Lipinski definition) is 0. The Bertz CT molecular complexity index is 429. The van der Waals surface area contributed by atoms with E-state index in [2.05, 4.69) is 10.1 Å². The van der Waals surface area contributed by atoms with Crippen LogP contribution in [0.3, 0.4) is 0 Å². The van der Waals surface area contributed by atoms with Gasteiger partial charge in [-0.1, -0.05) is 16.3 Å². The van der Waals surface area contributed by atoms with Gasteiger partial charge in [-0.25, -0.2) is 0 Å². The van der Waals surface area contributed by atoms with Crippen LogP contribution in [-0.2, 0) is 6.54 Å². The Morgan fingerprint density at radius 2 is 1.67 bits per heavy atom. The van der Waals surface area contributed by atoms with Crippen LogP contribution in [0.2, 0.25) is 0 Å². The molecule has 3 rings (SSSR count). The molecule has 100 valence electrons. The number of aryl methyl sites for hydroxylation is 2. The number of hydrogen-bond acceptors (Lipinski definition) is 3. The van der Waals surface area contributed by atoms with Crippen molar-refractivity contribution in [2.75, 3.05) is 13.1 Å². The largest absolute Gasteiger partial charge is 0.361 e. The number of rotatable bonds is 2. The van der Waals surface area contributed by atoms with E-state index in [0.717, 1.165) is 18.0 Å². The molecule has 0 N–H and O–H groups in total. The maximum Gasteiger partial charge on any atom is 0.138 e. The van der Waals surface area contributed by atoms with Crippen LogP contribution in [0.25, 0.3) is 0 Å². The molecule has 0 aromatic carbocycles. The Kier molecular flexibility index (Phi) is 4.13. The van der Waals surface area contributed by atoms with E-state index in [4.69, 9.17) is 4.52 Å². The summed E-state index contributed by atoms with van der Waals surface area (Å²) in [6.07, 6.45) is 5.30. The van der Waals surface area contributed by atoms with Crippen molar-refractivity contribution in [1.82, 2.24) is 10.1 Å². The molecule has 1 aliphatic carbocycles. The minimum Gasteiger partial charge on any atom is -0.361 e. The second-order valence-electron chi connectivity index (χ2n) is 5.29. The van der Waals surface area contributed by atoms with Crippen LogP contribution in [-0.4, -0.2) is 23.1 Å². The van der Waals surface area contributed by atoms with Gasteiger partial charge in [-0.05, 0) is 39.5 Å². The molecule has 4 heteroatoms. The summed E-state index contributed by atoms with van der Waals surface area (Å²) in [7, 11) is 0. The van der Waals surface area contributed by atoms with Gasteiger partial charge in [0.15, 0.2) is 0 Å². The lowest BCUT2D eigenvalue weighted by Gasteiger charge is -2.28. The Labute approximate surface area is 115 Å². The van der Waals surface area contributed by atoms with E-state index < -0.39 is 0 Å². The van der Waals surface area contributed by atoms with Gasteiger partial charge in [0.1, 0.15) is 5.76 Å². The predicted octanol–water partition coefficient (Wildman–Crippen LogP) is 3.40. The summed E-state index contributed by atoms with van der Waals surface area (Å²) < 4.78 is 5.22. The van der Waals surface area contributed by atoms with E-state index >= 15 is 0 Å². The number of aromatic nitrogens is 1. The van der Waals surface area contributed by atoms with Crippen LogP contribution in [0.1, 0.15) is 42.7 Å². The van der Waals surface area contributed by atoms with Crippen LogP contribution in [0.15, 0.2) is 15.7 Å². The maximum absolute atomic E-state index is 5.22. The van der Waals surface area contributed by atoms with Gasteiger partial charge in [-0.15, -0.1) is 12.4 Å². The van der Waals surface area contributed by atoms with Crippen molar-refractivity contribution < 1.29 is 4.52 Å². The molecule has 1 aromatic heterocycles. The van der Waals surface area contributed by atoms with Crippen molar-refractivity contribution in [1.29, 1.82) is 0 Å². The monoisotopic (exact) mass is 268 g/mol. The predicted molar refractivity (Wildman–Crippen MR) is 74.0 cm³/mol. The number of piperidine rings is 1. The lowest BCUT2D eigenvalue weighted by atomic mass is 10.0. The van der Waals surface area contributed by atoms with Gasteiger partial charge in [0.25, 0.3) is 0 Å². The Morgan fingerprint density at radius 1 is 1.06 bits per heavy atom. The zero-order valence-electron chi connectivity index (χ0n) is 11.2. The Morgan fingerprint density at radius 3 is 2.17 bits per heavy atom. The lowest BCUT2D eigenvalue weighted by molar-refractivity contribution is 0.246. The second kappa shape index (κ2) is 5.45. The van der Waals surface area contributed by atoms with E-state index in [-0.39, 0.29) is 12.4 Å². The smallest absolute Gasteiger partial charge is 0.138 e. The quantitative estimate of drug-likeness (QED) is 0.770. The SMILES string of the molecule is Cc1noc(C)c1CN1CCC(=C2CC2)CC1.Cl. The van der Waals surface area contributed by atoms with E-state index in [0.29, 0.717) is 0 Å². The van der Waals surface area contributed by atoms with Crippen LogP contribution in [0, 0.1) is 13.8 Å². The minimum atomic E-state index is 0. The summed E-state index contributed by atoms with van der Waals surface area (Å²) in [5.74, 6) is 0.980. The molecule has 1 saturated heterocycles. The molecule has 2 fully saturated rings. The molecular formula is C14H21ClN2O. The zero-order valence-corrected chi connectivity index (χ0v) is 12.0. The molecule has 2 heterocycles. The Balaban J connectivity index is 0.00000120. The number of likely N-dealkylation sites (tertiary alicyclic amines) is 1. The molecule has 0 amide bonds. The van der Waals surface area contributed by atoms with Gasteiger partial charge in [0.2, 0.25) is 0 Å². The highest BCUT2D eigenvalue weighted by molar-refractivity contribution is 5.85. The fraction of sp³-hybridized carbons (Fsp3) is 0.643. The summed E-state index contributed by atoms with van der Waals surface area (Å²) in [6.45, 7) is 7.44. The van der Waals surface area contributed by atoms with Crippen molar-refractivity contribution in [2.45, 2.75) is 46.1 Å². The van der Waals surface area contributed by atoms with Gasteiger partial charge < -0.3 is 4.52 Å². The first-order chi connectivity index (χ1) is 8.24. The summed E-state index contributed by atoms with van der Waals surface area (Å²) in [4.78, 5) is 2.53. The van der Waals surface area contributed by atoms with Crippen molar-refractivity contribution in [3.63, 3.8) is 0 Å². The fourth-order valence-electron chi connectivity index (χ4n) is 2.70. The normalized spacial score (nSPS) is 19.9. The van der Waals surface area contributed by atoms with Crippen molar-refractivity contribution in [2.24, 2.45) is 0 Å². The molecule has 0 spiro atoms. The average Bonchev–Trinajstić information content (AvgIpc) is 3.13. The molecule has 1 saturated carbocycles. The molecular weight excluding hydrogens is 248 g/mol. The van der Waals surface area contributed by atoms with Gasteiger partial charge >= 0.3 is 0 Å². The van der Waals surface area contributed by atoms with Gasteiger partial charge in [-0.3, -0.25) is 4.90 Å². The highest BCUT2D eigenvalue weighted by Gasteiger charge is 2.23. The van der Waals surface area contributed by atoms with E-state index in [1.165, 1.54) is 44.3 Å². The van der Waals surface area contributed by atoms with E-state index in [9.17, 15) is 0 Å². The molecule has 0 atom stereocenters. The topological polar surface area (TPSA) is 29.3 Å². The molecule has 2 aliphatic rings. The molecule has 0 unspecified atom stereocenters. The summed E-state index contributed by atoms with van der Waals surface area (Å²) in [5.41, 5.74) is 5.84. The number of nitrogens with zero attached hydrogens (tertiary/aromatic N) is 2. The number of allylic oxidation sites excluding steroid dienone is 1. The van der Waals surface area contributed by atoms with Gasteiger partial charge in [-0.2, -0.15) is 0 Å². The van der Waals surface area contributed by atoms with E-state index in [1.54, 1.807) is 11.1 Å². The lowest BCUT2D eigenvalue weighted by Crippen LogP contribution is -2.30. The first kappa shape index (κ1) is 13.6.